The molecule has 0 radical (unpaired) electrons. The van der Waals surface area contributed by atoms with Crippen LogP contribution < -0.4 is 14.5 Å². The van der Waals surface area contributed by atoms with E-state index in [9.17, 15) is 4.79 Å². The van der Waals surface area contributed by atoms with E-state index in [0.29, 0.717) is 17.5 Å². The van der Waals surface area contributed by atoms with Crippen molar-refractivity contribution in [1.29, 1.82) is 0 Å². The molecule has 276 valence electrons. The minimum Gasteiger partial charge on any atom is -0.501 e. The van der Waals surface area contributed by atoms with Gasteiger partial charge in [-0.25, -0.2) is 0 Å². The number of hydrogen-bond acceptors (Lipinski definition) is 5. The lowest BCUT2D eigenvalue weighted by atomic mass is 10.0. The number of para-hydroxylation sites is 2. The number of aryl methyl sites for hydroxylation is 1. The predicted molar refractivity (Wildman–Crippen MR) is 229 cm³/mol. The number of benzene rings is 6. The van der Waals surface area contributed by atoms with Gasteiger partial charge in [0, 0.05) is 58.1 Å². The maximum absolute atomic E-state index is 13.0. The zero-order chi connectivity index (χ0) is 38.3. The normalized spacial score (nSPS) is 14.9. The number of nitrogens with zero attached hydrogens (tertiary/aromatic N) is 2. The number of rotatable bonds is 12. The molecule has 0 fully saturated rings. The molecule has 0 saturated carbocycles. The number of carbonyl (C=O) groups excluding carboxylic acids is 1. The molecule has 2 aliphatic rings. The first kappa shape index (κ1) is 36.1. The van der Waals surface area contributed by atoms with Gasteiger partial charge in [0.05, 0.1) is 12.9 Å². The summed E-state index contributed by atoms with van der Waals surface area (Å²) >= 11 is 0. The van der Waals surface area contributed by atoms with Crippen molar-refractivity contribution in [3.63, 3.8) is 0 Å². The third-order valence-corrected chi connectivity index (χ3v) is 10.3. The van der Waals surface area contributed by atoms with Gasteiger partial charge in [0.2, 0.25) is 0 Å². The number of methoxy groups -OCH3 is 1. The summed E-state index contributed by atoms with van der Waals surface area (Å²) in [6.07, 6.45) is 13.1. The molecule has 6 aromatic rings. The van der Waals surface area contributed by atoms with Crippen LogP contribution >= 0.6 is 0 Å². The van der Waals surface area contributed by atoms with E-state index in [0.717, 1.165) is 69.5 Å². The van der Waals surface area contributed by atoms with Crippen LogP contribution in [0.3, 0.4) is 0 Å². The van der Waals surface area contributed by atoms with Crippen molar-refractivity contribution in [3.8, 4) is 16.9 Å². The van der Waals surface area contributed by atoms with Crippen molar-refractivity contribution >= 4 is 28.5 Å². The Morgan fingerprint density at radius 1 is 0.589 bits per heavy atom. The van der Waals surface area contributed by atoms with Crippen molar-refractivity contribution in [2.24, 2.45) is 0 Å². The Labute approximate surface area is 329 Å². The van der Waals surface area contributed by atoms with E-state index in [-0.39, 0.29) is 11.9 Å². The highest BCUT2D eigenvalue weighted by Gasteiger charge is 2.20. The van der Waals surface area contributed by atoms with Gasteiger partial charge in [0.15, 0.2) is 5.78 Å². The van der Waals surface area contributed by atoms with Gasteiger partial charge in [0.1, 0.15) is 11.9 Å². The molecule has 1 unspecified atom stereocenters. The van der Waals surface area contributed by atoms with Crippen LogP contribution in [0.15, 0.2) is 205 Å². The van der Waals surface area contributed by atoms with Crippen molar-refractivity contribution in [3.05, 3.63) is 222 Å². The van der Waals surface area contributed by atoms with Gasteiger partial charge in [-0.05, 0) is 122 Å². The van der Waals surface area contributed by atoms with Crippen LogP contribution in [0, 0.1) is 6.92 Å². The summed E-state index contributed by atoms with van der Waals surface area (Å²) in [6, 6.07) is 53.7. The largest absolute Gasteiger partial charge is 0.501 e. The zero-order valence-corrected chi connectivity index (χ0v) is 31.7. The van der Waals surface area contributed by atoms with Crippen molar-refractivity contribution in [2.75, 3.05) is 16.9 Å². The molecule has 5 nitrogen and oxygen atoms in total. The van der Waals surface area contributed by atoms with Crippen molar-refractivity contribution in [1.82, 2.24) is 0 Å². The Morgan fingerprint density at radius 3 is 1.64 bits per heavy atom. The third kappa shape index (κ3) is 8.13. The first-order valence-electron chi connectivity index (χ1n) is 19.1. The van der Waals surface area contributed by atoms with E-state index < -0.39 is 0 Å². The molecule has 6 aromatic carbocycles. The maximum atomic E-state index is 13.0. The van der Waals surface area contributed by atoms with E-state index >= 15 is 0 Å². The van der Waals surface area contributed by atoms with Gasteiger partial charge in [0.25, 0.3) is 0 Å². The zero-order valence-electron chi connectivity index (χ0n) is 31.7. The van der Waals surface area contributed by atoms with Crippen LogP contribution in [-0.4, -0.2) is 19.0 Å². The van der Waals surface area contributed by atoms with E-state index in [1.807, 2.05) is 61.5 Å². The fourth-order valence-corrected chi connectivity index (χ4v) is 7.23. The van der Waals surface area contributed by atoms with Crippen LogP contribution in [0.5, 0.6) is 5.75 Å². The van der Waals surface area contributed by atoms with Crippen LogP contribution in [0.4, 0.5) is 22.7 Å². The van der Waals surface area contributed by atoms with Crippen molar-refractivity contribution < 1.29 is 14.3 Å². The highest BCUT2D eigenvalue weighted by Crippen LogP contribution is 2.37. The number of anilines is 4. The quantitative estimate of drug-likeness (QED) is 0.117. The predicted octanol–water partition coefficient (Wildman–Crippen LogP) is 12.7. The molecule has 56 heavy (non-hydrogen) atoms. The first-order valence-corrected chi connectivity index (χ1v) is 19.1. The fraction of sp³-hybridized carbons (Fsp3) is 0.118. The molecular formula is C51H44N2O3. The second-order valence-corrected chi connectivity index (χ2v) is 14.0. The molecule has 1 atom stereocenters. The molecule has 5 heteroatoms. The summed E-state index contributed by atoms with van der Waals surface area (Å²) in [5.41, 5.74) is 11.5. The van der Waals surface area contributed by atoms with E-state index in [2.05, 4.69) is 143 Å². The molecule has 2 aliphatic carbocycles. The maximum Gasteiger partial charge on any atom is 0.193 e. The minimum absolute atomic E-state index is 0.00621. The van der Waals surface area contributed by atoms with Crippen LogP contribution in [-0.2, 0) is 4.74 Å². The Kier molecular flexibility index (Phi) is 10.8. The number of carbonyl (C=O) groups is 1. The van der Waals surface area contributed by atoms with Crippen molar-refractivity contribution in [2.45, 2.75) is 32.3 Å². The second kappa shape index (κ2) is 16.7. The summed E-state index contributed by atoms with van der Waals surface area (Å²) in [5.74, 6) is 1.75. The monoisotopic (exact) mass is 732 g/mol. The number of hydrogen-bond donors (Lipinski definition) is 0. The summed E-state index contributed by atoms with van der Waals surface area (Å²) in [5, 5.41) is 0. The Morgan fingerprint density at radius 2 is 1.12 bits per heavy atom. The van der Waals surface area contributed by atoms with Gasteiger partial charge in [-0.2, -0.15) is 0 Å². The summed E-state index contributed by atoms with van der Waals surface area (Å²) in [4.78, 5) is 17.6. The third-order valence-electron chi connectivity index (χ3n) is 10.3. The summed E-state index contributed by atoms with van der Waals surface area (Å²) < 4.78 is 11.8. The van der Waals surface area contributed by atoms with E-state index in [4.69, 9.17) is 9.47 Å². The smallest absolute Gasteiger partial charge is 0.193 e. The van der Waals surface area contributed by atoms with E-state index in [1.165, 1.54) is 5.70 Å². The SMILES string of the molecule is COC1=CC=C(N(c2ccccc2)c2ccc(-c3ccc(N(C4=CCC(Oc5ccc(C(=O)c6ccc(C)cc6)cc5)C=C4)c4ccccc4)cc3)cc2)CC1. The molecule has 0 aliphatic heterocycles. The van der Waals surface area contributed by atoms with Gasteiger partial charge >= 0.3 is 0 Å². The average Bonchev–Trinajstić information content (AvgIpc) is 3.26. The molecule has 0 bridgehead atoms. The number of ether oxygens (including phenoxy) is 2. The molecular weight excluding hydrogens is 689 g/mol. The van der Waals surface area contributed by atoms with Gasteiger partial charge < -0.3 is 19.3 Å². The molecule has 0 heterocycles. The highest BCUT2D eigenvalue weighted by atomic mass is 16.5. The molecule has 0 saturated heterocycles. The first-order chi connectivity index (χ1) is 27.5. The van der Waals surface area contributed by atoms with Crippen LogP contribution in [0.1, 0.15) is 40.7 Å². The standard InChI is InChI=1S/C51H44N2O3/c1-37-13-15-40(16-14-37)51(54)41-21-31-49(32-22-41)56-50-35-29-47(30-36-50)53(43-11-7-4-8-12-43)45-25-19-39(20-26-45)38-17-23-44(24-18-38)52(42-9-5-3-6-10-42)46-27-33-48(55-2)34-28-46/h3-27,29-33,35,50H,28,34,36H2,1-2H3. The molecule has 0 spiro atoms. The Balaban J connectivity index is 0.973. The Bertz CT molecular complexity index is 2390. The van der Waals surface area contributed by atoms with Gasteiger partial charge in [-0.1, -0.05) is 96.6 Å². The fourth-order valence-electron chi connectivity index (χ4n) is 7.23. The Hall–Kier alpha value is -6.85. The lowest BCUT2D eigenvalue weighted by Gasteiger charge is -2.30. The number of allylic oxidation sites excluding steroid dienone is 5. The average molecular weight is 733 g/mol. The minimum atomic E-state index is -0.119. The van der Waals surface area contributed by atoms with Gasteiger partial charge in [-0.3, -0.25) is 4.79 Å². The highest BCUT2D eigenvalue weighted by molar-refractivity contribution is 6.09. The molecule has 0 N–H and O–H groups in total. The molecule has 0 amide bonds. The van der Waals surface area contributed by atoms with E-state index in [1.54, 1.807) is 7.11 Å². The topological polar surface area (TPSA) is 42.0 Å². The summed E-state index contributed by atoms with van der Waals surface area (Å²) in [6.45, 7) is 2.02. The van der Waals surface area contributed by atoms with Crippen LogP contribution in [0.25, 0.3) is 11.1 Å². The molecule has 8 rings (SSSR count). The summed E-state index contributed by atoms with van der Waals surface area (Å²) in [7, 11) is 1.74. The van der Waals surface area contributed by atoms with Crippen LogP contribution in [0.2, 0.25) is 0 Å². The lowest BCUT2D eigenvalue weighted by Crippen LogP contribution is -2.21. The number of ketones is 1. The molecule has 0 aromatic heterocycles. The van der Waals surface area contributed by atoms with Gasteiger partial charge in [-0.15, -0.1) is 0 Å². The second-order valence-electron chi connectivity index (χ2n) is 14.0. The lowest BCUT2D eigenvalue weighted by molar-refractivity contribution is 0.103.